The number of hydrogen-bond acceptors (Lipinski definition) is 3. The molecule has 0 unspecified atom stereocenters. The summed E-state index contributed by atoms with van der Waals surface area (Å²) in [5.41, 5.74) is 1.70. The first-order valence-corrected chi connectivity index (χ1v) is 6.43. The van der Waals surface area contributed by atoms with Gasteiger partial charge in [0.05, 0.1) is 6.61 Å². The van der Waals surface area contributed by atoms with Gasteiger partial charge in [-0.15, -0.1) is 0 Å². The Morgan fingerprint density at radius 2 is 2.05 bits per heavy atom. The molecule has 20 heavy (non-hydrogen) atoms. The number of carbonyl (C=O) groups is 2. The van der Waals surface area contributed by atoms with Crippen LogP contribution in [0.5, 0.6) is 0 Å². The minimum Gasteiger partial charge on any atom is -0.480 e. The van der Waals surface area contributed by atoms with Crippen LogP contribution in [0.15, 0.2) is 24.3 Å². The maximum atomic E-state index is 12.1. The first-order chi connectivity index (χ1) is 9.58. The van der Waals surface area contributed by atoms with Gasteiger partial charge in [0.1, 0.15) is 6.54 Å². The van der Waals surface area contributed by atoms with Crippen LogP contribution >= 0.6 is 0 Å². The van der Waals surface area contributed by atoms with Crippen molar-refractivity contribution < 1.29 is 19.4 Å². The van der Waals surface area contributed by atoms with Gasteiger partial charge in [-0.3, -0.25) is 4.79 Å². The van der Waals surface area contributed by atoms with E-state index in [9.17, 15) is 9.59 Å². The SMILES string of the molecule is CCc1ccccc1NC(=O)N(CCOC)CC(=O)O. The Balaban J connectivity index is 2.76. The number of anilines is 1. The number of benzene rings is 1. The molecule has 0 spiro atoms. The molecule has 2 amide bonds. The van der Waals surface area contributed by atoms with Crippen LogP contribution < -0.4 is 5.32 Å². The number of amides is 2. The van der Waals surface area contributed by atoms with E-state index in [1.807, 2.05) is 25.1 Å². The van der Waals surface area contributed by atoms with E-state index in [1.54, 1.807) is 6.07 Å². The molecule has 0 saturated heterocycles. The van der Waals surface area contributed by atoms with E-state index in [0.717, 1.165) is 12.0 Å². The van der Waals surface area contributed by atoms with Crippen molar-refractivity contribution in [3.05, 3.63) is 29.8 Å². The van der Waals surface area contributed by atoms with Crippen molar-refractivity contribution in [2.24, 2.45) is 0 Å². The van der Waals surface area contributed by atoms with Crippen LogP contribution in [0.1, 0.15) is 12.5 Å². The number of carbonyl (C=O) groups excluding carboxylic acids is 1. The lowest BCUT2D eigenvalue weighted by molar-refractivity contribution is -0.137. The second-order valence-corrected chi connectivity index (χ2v) is 4.25. The summed E-state index contributed by atoms with van der Waals surface area (Å²) in [4.78, 5) is 24.1. The van der Waals surface area contributed by atoms with Gasteiger partial charge in [0.25, 0.3) is 0 Å². The molecule has 6 nitrogen and oxygen atoms in total. The second-order valence-electron chi connectivity index (χ2n) is 4.25. The number of carboxylic acid groups (broad SMARTS) is 1. The third kappa shape index (κ3) is 4.89. The van der Waals surface area contributed by atoms with Crippen molar-refractivity contribution >= 4 is 17.7 Å². The van der Waals surface area contributed by atoms with Gasteiger partial charge >= 0.3 is 12.0 Å². The Labute approximate surface area is 118 Å². The number of hydrogen-bond donors (Lipinski definition) is 2. The Bertz CT molecular complexity index is 462. The lowest BCUT2D eigenvalue weighted by atomic mass is 10.1. The maximum Gasteiger partial charge on any atom is 0.323 e. The highest BCUT2D eigenvalue weighted by Crippen LogP contribution is 2.15. The van der Waals surface area contributed by atoms with E-state index >= 15 is 0 Å². The predicted molar refractivity (Wildman–Crippen MR) is 75.9 cm³/mol. The van der Waals surface area contributed by atoms with Crippen LogP contribution in [-0.2, 0) is 16.0 Å². The van der Waals surface area contributed by atoms with E-state index < -0.39 is 12.0 Å². The first-order valence-electron chi connectivity index (χ1n) is 6.43. The molecule has 0 radical (unpaired) electrons. The van der Waals surface area contributed by atoms with E-state index in [-0.39, 0.29) is 19.7 Å². The molecule has 0 heterocycles. The third-order valence-electron chi connectivity index (χ3n) is 2.82. The summed E-state index contributed by atoms with van der Waals surface area (Å²) in [5, 5.41) is 11.6. The molecule has 0 atom stereocenters. The number of nitrogens with one attached hydrogen (secondary N) is 1. The van der Waals surface area contributed by atoms with Crippen LogP contribution in [0.4, 0.5) is 10.5 Å². The maximum absolute atomic E-state index is 12.1. The number of aliphatic carboxylic acids is 1. The van der Waals surface area contributed by atoms with Gasteiger partial charge in [-0.1, -0.05) is 25.1 Å². The number of urea groups is 1. The molecule has 2 N–H and O–H groups in total. The lowest BCUT2D eigenvalue weighted by Crippen LogP contribution is -2.40. The summed E-state index contributed by atoms with van der Waals surface area (Å²) >= 11 is 0. The number of rotatable bonds is 7. The molecule has 0 aliphatic carbocycles. The normalized spacial score (nSPS) is 10.1. The van der Waals surface area contributed by atoms with Crippen molar-refractivity contribution in [3.8, 4) is 0 Å². The summed E-state index contributed by atoms with van der Waals surface area (Å²) < 4.78 is 4.88. The monoisotopic (exact) mass is 280 g/mol. The quantitative estimate of drug-likeness (QED) is 0.798. The zero-order chi connectivity index (χ0) is 15.0. The number of carboxylic acids is 1. The number of methoxy groups -OCH3 is 1. The van der Waals surface area contributed by atoms with E-state index in [1.165, 1.54) is 12.0 Å². The van der Waals surface area contributed by atoms with E-state index in [0.29, 0.717) is 5.69 Å². The zero-order valence-electron chi connectivity index (χ0n) is 11.8. The van der Waals surface area contributed by atoms with Gasteiger partial charge in [-0.2, -0.15) is 0 Å². The Kier molecular flexibility index (Phi) is 6.52. The lowest BCUT2D eigenvalue weighted by Gasteiger charge is -2.21. The van der Waals surface area contributed by atoms with Crippen molar-refractivity contribution in [1.29, 1.82) is 0 Å². The highest BCUT2D eigenvalue weighted by Gasteiger charge is 2.17. The number of aryl methyl sites for hydroxylation is 1. The molecule has 0 fully saturated rings. The minimum atomic E-state index is -1.06. The predicted octanol–water partition coefficient (Wildman–Crippen LogP) is 1.81. The van der Waals surface area contributed by atoms with Crippen LogP contribution in [0.3, 0.4) is 0 Å². The second kappa shape index (κ2) is 8.16. The molecular formula is C14H20N2O4. The molecule has 0 aliphatic rings. The van der Waals surface area contributed by atoms with Crippen molar-refractivity contribution in [1.82, 2.24) is 4.90 Å². The van der Waals surface area contributed by atoms with Gasteiger partial charge in [0.2, 0.25) is 0 Å². The Morgan fingerprint density at radius 1 is 1.35 bits per heavy atom. The van der Waals surface area contributed by atoms with Crippen LogP contribution in [0, 0.1) is 0 Å². The molecule has 1 aromatic rings. The van der Waals surface area contributed by atoms with Gasteiger partial charge < -0.3 is 20.1 Å². The van der Waals surface area contributed by atoms with Crippen LogP contribution in [0.25, 0.3) is 0 Å². The molecule has 110 valence electrons. The van der Waals surface area contributed by atoms with Crippen molar-refractivity contribution in [3.63, 3.8) is 0 Å². The first kappa shape index (κ1) is 16.0. The fraction of sp³-hybridized carbons (Fsp3) is 0.429. The van der Waals surface area contributed by atoms with E-state index in [4.69, 9.17) is 9.84 Å². The molecule has 0 aromatic heterocycles. The molecule has 0 aliphatic heterocycles. The zero-order valence-corrected chi connectivity index (χ0v) is 11.8. The summed E-state index contributed by atoms with van der Waals surface area (Å²) in [6, 6.07) is 7.00. The summed E-state index contributed by atoms with van der Waals surface area (Å²) in [5.74, 6) is -1.06. The molecule has 1 aromatic carbocycles. The van der Waals surface area contributed by atoms with Crippen molar-refractivity contribution in [2.45, 2.75) is 13.3 Å². The topological polar surface area (TPSA) is 78.9 Å². The highest BCUT2D eigenvalue weighted by molar-refractivity contribution is 5.92. The molecule has 0 saturated carbocycles. The average Bonchev–Trinajstić information content (AvgIpc) is 2.43. The molecule has 6 heteroatoms. The highest BCUT2D eigenvalue weighted by atomic mass is 16.5. The smallest absolute Gasteiger partial charge is 0.323 e. The minimum absolute atomic E-state index is 0.225. The van der Waals surface area contributed by atoms with Crippen LogP contribution in [0.2, 0.25) is 0 Å². The van der Waals surface area contributed by atoms with Crippen LogP contribution in [-0.4, -0.2) is 48.8 Å². The third-order valence-corrected chi connectivity index (χ3v) is 2.82. The number of ether oxygens (including phenoxy) is 1. The standard InChI is InChI=1S/C14H20N2O4/c1-3-11-6-4-5-7-12(11)15-14(19)16(8-9-20-2)10-13(17)18/h4-7H,3,8-10H2,1-2H3,(H,15,19)(H,17,18). The largest absolute Gasteiger partial charge is 0.480 e. The summed E-state index contributed by atoms with van der Waals surface area (Å²) in [6.07, 6.45) is 0.785. The average molecular weight is 280 g/mol. The molecule has 0 bridgehead atoms. The fourth-order valence-electron chi connectivity index (χ4n) is 1.76. The van der Waals surface area contributed by atoms with Gasteiger partial charge in [0.15, 0.2) is 0 Å². The van der Waals surface area contributed by atoms with Crippen molar-refractivity contribution in [2.75, 3.05) is 32.1 Å². The summed E-state index contributed by atoms with van der Waals surface area (Å²) in [7, 11) is 1.50. The van der Waals surface area contributed by atoms with Gasteiger partial charge in [-0.05, 0) is 18.1 Å². The summed E-state index contributed by atoms with van der Waals surface area (Å²) in [6.45, 7) is 2.15. The van der Waals surface area contributed by atoms with E-state index in [2.05, 4.69) is 5.32 Å². The fourth-order valence-corrected chi connectivity index (χ4v) is 1.76. The number of nitrogens with zero attached hydrogens (tertiary/aromatic N) is 1. The Hall–Kier alpha value is -2.08. The molecular weight excluding hydrogens is 260 g/mol. The van der Waals surface area contributed by atoms with Gasteiger partial charge in [0, 0.05) is 19.3 Å². The Morgan fingerprint density at radius 3 is 2.65 bits per heavy atom. The molecule has 1 rings (SSSR count). The number of para-hydroxylation sites is 1. The van der Waals surface area contributed by atoms with Gasteiger partial charge in [-0.25, -0.2) is 4.79 Å².